The quantitative estimate of drug-likeness (QED) is 0.294. The predicted molar refractivity (Wildman–Crippen MR) is 140 cm³/mol. The predicted octanol–water partition coefficient (Wildman–Crippen LogP) is 4.92. The minimum atomic E-state index is -1.06. The second-order valence-corrected chi connectivity index (χ2v) is 8.83. The molecule has 0 amide bonds. The fourth-order valence-corrected chi connectivity index (χ4v) is 4.91. The number of benzene rings is 3. The molecule has 0 aliphatic rings. The highest BCUT2D eigenvalue weighted by molar-refractivity contribution is 7.00. The van der Waals surface area contributed by atoms with Crippen molar-refractivity contribution in [3.05, 3.63) is 83.0 Å². The van der Waals surface area contributed by atoms with Gasteiger partial charge in [-0.3, -0.25) is 4.68 Å². The van der Waals surface area contributed by atoms with Gasteiger partial charge in [-0.15, -0.1) is 0 Å². The van der Waals surface area contributed by atoms with Gasteiger partial charge in [-0.05, 0) is 35.4 Å². The first-order valence-corrected chi connectivity index (χ1v) is 12.1. The summed E-state index contributed by atoms with van der Waals surface area (Å²) in [7, 11) is 4.61. The molecule has 37 heavy (non-hydrogen) atoms. The summed E-state index contributed by atoms with van der Waals surface area (Å²) >= 11 is 1.15. The lowest BCUT2D eigenvalue weighted by Gasteiger charge is -2.14. The smallest absolute Gasteiger partial charge is 0.354 e. The van der Waals surface area contributed by atoms with Crippen LogP contribution in [0, 0.1) is 0 Å². The summed E-state index contributed by atoms with van der Waals surface area (Å²) in [5, 5.41) is 15.1. The molecule has 0 spiro atoms. The van der Waals surface area contributed by atoms with Gasteiger partial charge in [0.15, 0.2) is 17.2 Å². The van der Waals surface area contributed by atoms with Crippen LogP contribution in [0.1, 0.15) is 27.2 Å². The van der Waals surface area contributed by atoms with Crippen molar-refractivity contribution in [2.75, 3.05) is 21.3 Å². The Hall–Kier alpha value is -4.44. The highest BCUT2D eigenvalue weighted by atomic mass is 32.1. The van der Waals surface area contributed by atoms with Crippen LogP contribution in [-0.2, 0) is 13.0 Å². The summed E-state index contributed by atoms with van der Waals surface area (Å²) in [6, 6.07) is 18.9. The van der Waals surface area contributed by atoms with Crippen LogP contribution in [0.2, 0.25) is 0 Å². The molecule has 0 radical (unpaired) electrons. The molecule has 0 saturated carbocycles. The molecule has 9 nitrogen and oxygen atoms in total. The van der Waals surface area contributed by atoms with Crippen LogP contribution < -0.4 is 14.2 Å². The molecule has 0 aliphatic heterocycles. The summed E-state index contributed by atoms with van der Waals surface area (Å²) in [6.07, 6.45) is 0.370. The van der Waals surface area contributed by atoms with Crippen molar-refractivity contribution in [1.82, 2.24) is 18.5 Å². The zero-order valence-corrected chi connectivity index (χ0v) is 21.3. The average Bonchev–Trinajstić information content (AvgIpc) is 3.52. The Morgan fingerprint density at radius 2 is 1.59 bits per heavy atom. The molecular formula is C27H24N4O5S. The first-order chi connectivity index (χ1) is 18.0. The highest BCUT2D eigenvalue weighted by Crippen LogP contribution is 2.39. The van der Waals surface area contributed by atoms with Crippen LogP contribution in [0.15, 0.2) is 60.7 Å². The number of methoxy groups -OCH3 is 3. The van der Waals surface area contributed by atoms with Crippen LogP contribution >= 0.6 is 11.7 Å². The number of fused-ring (bicyclic) bond motifs is 1. The van der Waals surface area contributed by atoms with Gasteiger partial charge >= 0.3 is 5.97 Å². The van der Waals surface area contributed by atoms with Gasteiger partial charge in [0, 0.05) is 17.5 Å². The standard InChI is InChI=1S/C27H24N4O5S/c1-34-22-13-17(14-23(35-2)26(22)36-3)15-31-25(27(32)33)19(24(28-31)18-7-5-4-6-8-18)11-16-9-10-20-21(12-16)30-37-29-20/h4-10,12-14H,11,15H2,1-3H3,(H,32,33). The number of nitrogens with zero attached hydrogens (tertiary/aromatic N) is 4. The maximum absolute atomic E-state index is 12.6. The third-order valence-electron chi connectivity index (χ3n) is 6.06. The van der Waals surface area contributed by atoms with Gasteiger partial charge in [0.1, 0.15) is 11.0 Å². The molecule has 0 fully saturated rings. The lowest BCUT2D eigenvalue weighted by molar-refractivity contribution is 0.0683. The van der Waals surface area contributed by atoms with E-state index in [2.05, 4.69) is 8.75 Å². The Bertz CT molecular complexity index is 1550. The normalized spacial score (nSPS) is 11.0. The van der Waals surface area contributed by atoms with E-state index < -0.39 is 5.97 Å². The molecule has 2 aromatic heterocycles. The molecule has 2 heterocycles. The third-order valence-corrected chi connectivity index (χ3v) is 6.61. The van der Waals surface area contributed by atoms with Crippen LogP contribution in [0.25, 0.3) is 22.3 Å². The lowest BCUT2D eigenvalue weighted by Crippen LogP contribution is -2.13. The van der Waals surface area contributed by atoms with Crippen LogP contribution in [0.3, 0.4) is 0 Å². The summed E-state index contributed by atoms with van der Waals surface area (Å²) in [5.41, 5.74) is 5.45. The van der Waals surface area contributed by atoms with Crippen molar-refractivity contribution in [2.45, 2.75) is 13.0 Å². The summed E-state index contributed by atoms with van der Waals surface area (Å²) in [5.74, 6) is 0.364. The number of aromatic carboxylic acids is 1. The molecule has 0 atom stereocenters. The first-order valence-electron chi connectivity index (χ1n) is 11.4. The number of aromatic nitrogens is 4. The zero-order chi connectivity index (χ0) is 25.9. The van der Waals surface area contributed by atoms with E-state index in [0.29, 0.717) is 34.9 Å². The van der Waals surface area contributed by atoms with Gasteiger partial charge in [-0.25, -0.2) is 4.79 Å². The Balaban J connectivity index is 1.64. The number of hydrogen-bond acceptors (Lipinski definition) is 8. The topological polar surface area (TPSA) is 109 Å². The molecular weight excluding hydrogens is 492 g/mol. The summed E-state index contributed by atoms with van der Waals surface area (Å²) < 4.78 is 26.5. The van der Waals surface area contributed by atoms with Gasteiger partial charge in [0.2, 0.25) is 5.75 Å². The first kappa shape index (κ1) is 24.3. The Morgan fingerprint density at radius 3 is 2.24 bits per heavy atom. The Labute approximate surface area is 217 Å². The van der Waals surface area contributed by atoms with Crippen LogP contribution in [-0.4, -0.2) is 50.9 Å². The third kappa shape index (κ3) is 4.70. The van der Waals surface area contributed by atoms with E-state index in [4.69, 9.17) is 19.3 Å². The highest BCUT2D eigenvalue weighted by Gasteiger charge is 2.25. The molecule has 5 aromatic rings. The van der Waals surface area contributed by atoms with Crippen molar-refractivity contribution < 1.29 is 24.1 Å². The molecule has 0 aliphatic carbocycles. The summed E-state index contributed by atoms with van der Waals surface area (Å²) in [6.45, 7) is 0.188. The number of carboxylic acid groups (broad SMARTS) is 1. The van der Waals surface area contributed by atoms with Crippen molar-refractivity contribution in [3.8, 4) is 28.5 Å². The van der Waals surface area contributed by atoms with E-state index in [-0.39, 0.29) is 12.2 Å². The average molecular weight is 517 g/mol. The zero-order valence-electron chi connectivity index (χ0n) is 20.5. The molecule has 0 saturated heterocycles. The number of hydrogen-bond donors (Lipinski definition) is 1. The van der Waals surface area contributed by atoms with Gasteiger partial charge in [-0.2, -0.15) is 13.8 Å². The van der Waals surface area contributed by atoms with Crippen LogP contribution in [0.4, 0.5) is 0 Å². The van der Waals surface area contributed by atoms with Crippen molar-refractivity contribution in [1.29, 1.82) is 0 Å². The molecule has 188 valence electrons. The van der Waals surface area contributed by atoms with Gasteiger partial charge < -0.3 is 19.3 Å². The SMILES string of the molecule is COc1cc(Cn2nc(-c3ccccc3)c(Cc3ccc4nsnc4c3)c2C(=O)O)cc(OC)c1OC. The Kier molecular flexibility index (Phi) is 6.74. The van der Waals surface area contributed by atoms with Crippen molar-refractivity contribution in [3.63, 3.8) is 0 Å². The fourth-order valence-electron chi connectivity index (χ4n) is 4.39. The molecule has 10 heteroatoms. The number of carboxylic acids is 1. The molecule has 0 unspecified atom stereocenters. The summed E-state index contributed by atoms with van der Waals surface area (Å²) in [4.78, 5) is 12.6. The minimum Gasteiger partial charge on any atom is -0.493 e. The van der Waals surface area contributed by atoms with E-state index in [1.807, 2.05) is 48.5 Å². The van der Waals surface area contributed by atoms with Crippen LogP contribution in [0.5, 0.6) is 17.2 Å². The van der Waals surface area contributed by atoms with Crippen molar-refractivity contribution >= 4 is 28.7 Å². The van der Waals surface area contributed by atoms with Crippen molar-refractivity contribution in [2.24, 2.45) is 0 Å². The largest absolute Gasteiger partial charge is 0.493 e. The van der Waals surface area contributed by atoms with Gasteiger partial charge in [0.25, 0.3) is 0 Å². The van der Waals surface area contributed by atoms with Gasteiger partial charge in [0.05, 0.1) is 45.3 Å². The van der Waals surface area contributed by atoms with Gasteiger partial charge in [-0.1, -0.05) is 36.4 Å². The van der Waals surface area contributed by atoms with E-state index in [1.165, 1.54) is 26.0 Å². The number of rotatable bonds is 9. The lowest BCUT2D eigenvalue weighted by atomic mass is 9.98. The fraction of sp³-hybridized carbons (Fsp3) is 0.185. The Morgan fingerprint density at radius 1 is 0.892 bits per heavy atom. The number of ether oxygens (including phenoxy) is 3. The van der Waals surface area contributed by atoms with E-state index in [1.54, 1.807) is 12.1 Å². The van der Waals surface area contributed by atoms with E-state index in [0.717, 1.165) is 39.5 Å². The molecule has 0 bridgehead atoms. The molecule has 3 aromatic carbocycles. The molecule has 1 N–H and O–H groups in total. The van der Waals surface area contributed by atoms with E-state index in [9.17, 15) is 9.90 Å². The monoisotopic (exact) mass is 516 g/mol. The maximum atomic E-state index is 12.6. The second kappa shape index (κ2) is 10.3. The second-order valence-electron chi connectivity index (χ2n) is 8.30. The van der Waals surface area contributed by atoms with E-state index >= 15 is 0 Å². The molecule has 5 rings (SSSR count). The maximum Gasteiger partial charge on any atom is 0.354 e. The minimum absolute atomic E-state index is 0.115. The number of carbonyl (C=O) groups is 1.